The predicted molar refractivity (Wildman–Crippen MR) is 68.6 cm³/mol. The molecule has 0 bridgehead atoms. The Morgan fingerprint density at radius 3 is 2.63 bits per heavy atom. The Bertz CT molecular complexity index is 513. The second kappa shape index (κ2) is 6.96. The molecule has 0 saturated heterocycles. The summed E-state index contributed by atoms with van der Waals surface area (Å²) in [5.41, 5.74) is 6.75. The van der Waals surface area contributed by atoms with Crippen molar-refractivity contribution in [3.63, 3.8) is 0 Å². The van der Waals surface area contributed by atoms with Gasteiger partial charge in [0.25, 0.3) is 0 Å². The number of carbonyl (C=O) groups is 1. The highest BCUT2D eigenvalue weighted by molar-refractivity contribution is 5.92. The quantitative estimate of drug-likeness (QED) is 0.352. The van der Waals surface area contributed by atoms with E-state index in [0.29, 0.717) is 5.95 Å². The number of nitrogens with zero attached hydrogens (tertiary/aromatic N) is 3. The van der Waals surface area contributed by atoms with Crippen molar-refractivity contribution in [2.75, 3.05) is 12.0 Å². The van der Waals surface area contributed by atoms with Gasteiger partial charge in [-0.2, -0.15) is 5.26 Å². The number of esters is 1. The van der Waals surface area contributed by atoms with E-state index in [1.807, 2.05) is 19.9 Å². The largest absolute Gasteiger partial charge is 0.462 e. The first kappa shape index (κ1) is 14.4. The number of anilines is 1. The summed E-state index contributed by atoms with van der Waals surface area (Å²) in [5.74, 6) is -0.324. The van der Waals surface area contributed by atoms with Gasteiger partial charge >= 0.3 is 5.97 Å². The van der Waals surface area contributed by atoms with Gasteiger partial charge in [-0.15, -0.1) is 0 Å². The van der Waals surface area contributed by atoms with Crippen LogP contribution in [0.2, 0.25) is 0 Å². The molecule has 0 atom stereocenters. The maximum absolute atomic E-state index is 11.3. The molecule has 0 amide bonds. The number of carbonyl (C=O) groups excluding carboxylic acids is 1. The van der Waals surface area contributed by atoms with Crippen molar-refractivity contribution < 1.29 is 9.53 Å². The molecule has 100 valence electrons. The molecule has 0 radical (unpaired) electrons. The molecule has 2 N–H and O–H groups in total. The molecule has 1 rings (SSSR count). The van der Waals surface area contributed by atoms with Crippen LogP contribution in [0.5, 0.6) is 0 Å². The Balaban J connectivity index is 2.65. The Morgan fingerprint density at radius 2 is 2.11 bits per heavy atom. The van der Waals surface area contributed by atoms with Gasteiger partial charge in [-0.05, 0) is 26.8 Å². The SMILES string of the molecule is CCOC(=O)/C(C#N)=C/NNc1nc(C)cc(C)n1. The summed E-state index contributed by atoms with van der Waals surface area (Å²) in [6, 6.07) is 3.57. The molecule has 1 aromatic rings. The summed E-state index contributed by atoms with van der Waals surface area (Å²) in [6.45, 7) is 5.57. The van der Waals surface area contributed by atoms with Crippen LogP contribution in [0.15, 0.2) is 17.8 Å². The van der Waals surface area contributed by atoms with E-state index in [1.165, 1.54) is 6.20 Å². The molecule has 7 nitrogen and oxygen atoms in total. The van der Waals surface area contributed by atoms with Gasteiger partial charge in [0.2, 0.25) is 5.95 Å². The third-order valence-electron chi connectivity index (χ3n) is 2.00. The van der Waals surface area contributed by atoms with Crippen molar-refractivity contribution in [1.82, 2.24) is 15.4 Å². The third kappa shape index (κ3) is 4.63. The summed E-state index contributed by atoms with van der Waals surface area (Å²) in [4.78, 5) is 19.6. The molecule has 7 heteroatoms. The molecule has 0 saturated carbocycles. The van der Waals surface area contributed by atoms with Crippen molar-refractivity contribution in [3.8, 4) is 6.07 Å². The van der Waals surface area contributed by atoms with Crippen LogP contribution in [-0.4, -0.2) is 22.5 Å². The van der Waals surface area contributed by atoms with E-state index in [2.05, 4.69) is 20.8 Å². The number of aromatic nitrogens is 2. The van der Waals surface area contributed by atoms with E-state index in [1.54, 1.807) is 13.0 Å². The van der Waals surface area contributed by atoms with E-state index >= 15 is 0 Å². The van der Waals surface area contributed by atoms with Crippen LogP contribution in [0, 0.1) is 25.2 Å². The monoisotopic (exact) mass is 261 g/mol. The zero-order valence-corrected chi connectivity index (χ0v) is 11.0. The van der Waals surface area contributed by atoms with Gasteiger partial charge in [-0.3, -0.25) is 5.43 Å². The second-order valence-corrected chi connectivity index (χ2v) is 3.63. The summed E-state index contributed by atoms with van der Waals surface area (Å²) in [7, 11) is 0. The highest BCUT2D eigenvalue weighted by Gasteiger charge is 2.08. The van der Waals surface area contributed by atoms with Crippen LogP contribution >= 0.6 is 0 Å². The molecular weight excluding hydrogens is 246 g/mol. The molecule has 0 unspecified atom stereocenters. The lowest BCUT2D eigenvalue weighted by Crippen LogP contribution is -2.20. The van der Waals surface area contributed by atoms with Crippen molar-refractivity contribution in [2.24, 2.45) is 0 Å². The first-order valence-corrected chi connectivity index (χ1v) is 5.68. The fraction of sp³-hybridized carbons (Fsp3) is 0.333. The van der Waals surface area contributed by atoms with Crippen molar-refractivity contribution >= 4 is 11.9 Å². The van der Waals surface area contributed by atoms with Gasteiger partial charge in [0.15, 0.2) is 5.57 Å². The van der Waals surface area contributed by atoms with E-state index < -0.39 is 5.97 Å². The third-order valence-corrected chi connectivity index (χ3v) is 2.00. The molecule has 0 aromatic carbocycles. The van der Waals surface area contributed by atoms with Gasteiger partial charge in [0.05, 0.1) is 6.61 Å². The molecule has 0 aliphatic carbocycles. The predicted octanol–water partition coefficient (Wildman–Crippen LogP) is 0.981. The number of nitrogens with one attached hydrogen (secondary N) is 2. The molecule has 1 heterocycles. The summed E-state index contributed by atoms with van der Waals surface area (Å²) in [5, 5.41) is 8.79. The highest BCUT2D eigenvalue weighted by Crippen LogP contribution is 2.02. The Kier molecular flexibility index (Phi) is 5.29. The Morgan fingerprint density at radius 1 is 1.47 bits per heavy atom. The van der Waals surface area contributed by atoms with Crippen molar-refractivity contribution in [3.05, 3.63) is 29.2 Å². The van der Waals surface area contributed by atoms with Gasteiger partial charge in [-0.25, -0.2) is 14.8 Å². The van der Waals surface area contributed by atoms with Gasteiger partial charge in [0.1, 0.15) is 6.07 Å². The minimum Gasteiger partial charge on any atom is -0.462 e. The number of hydrogen-bond donors (Lipinski definition) is 2. The van der Waals surface area contributed by atoms with Gasteiger partial charge in [-0.1, -0.05) is 0 Å². The standard InChI is InChI=1S/C12H15N5O2/c1-4-19-11(18)10(6-13)7-14-17-12-15-8(2)5-9(3)16-12/h5,7,14H,4H2,1-3H3,(H,15,16,17)/b10-7+. The fourth-order valence-electron chi connectivity index (χ4n) is 1.30. The molecule has 1 aromatic heterocycles. The van der Waals surface area contributed by atoms with E-state index in [0.717, 1.165) is 11.4 Å². The number of ether oxygens (including phenoxy) is 1. The first-order valence-electron chi connectivity index (χ1n) is 5.68. The molecule has 0 spiro atoms. The van der Waals surface area contributed by atoms with E-state index in [4.69, 9.17) is 10.00 Å². The van der Waals surface area contributed by atoms with Crippen LogP contribution in [0.4, 0.5) is 5.95 Å². The average Bonchev–Trinajstić information content (AvgIpc) is 2.33. The number of rotatable bonds is 5. The Hall–Kier alpha value is -2.62. The minimum atomic E-state index is -0.680. The highest BCUT2D eigenvalue weighted by atomic mass is 16.5. The van der Waals surface area contributed by atoms with Crippen LogP contribution < -0.4 is 10.9 Å². The number of nitriles is 1. The molecular formula is C12H15N5O2. The normalized spacial score (nSPS) is 10.5. The Labute approximate surface area is 111 Å². The summed E-state index contributed by atoms with van der Waals surface area (Å²) in [6.07, 6.45) is 1.21. The molecule has 0 aliphatic heterocycles. The van der Waals surface area contributed by atoms with Crippen LogP contribution in [0.1, 0.15) is 18.3 Å². The van der Waals surface area contributed by atoms with Crippen LogP contribution in [-0.2, 0) is 9.53 Å². The minimum absolute atomic E-state index is 0.140. The average molecular weight is 261 g/mol. The smallest absolute Gasteiger partial charge is 0.350 e. The zero-order valence-electron chi connectivity index (χ0n) is 11.0. The van der Waals surface area contributed by atoms with Gasteiger partial charge < -0.3 is 10.2 Å². The maximum Gasteiger partial charge on any atom is 0.350 e. The first-order chi connectivity index (χ1) is 9.06. The molecule has 0 aliphatic rings. The van der Waals surface area contributed by atoms with E-state index in [9.17, 15) is 4.79 Å². The van der Waals surface area contributed by atoms with E-state index in [-0.39, 0.29) is 12.2 Å². The zero-order chi connectivity index (χ0) is 14.3. The lowest BCUT2D eigenvalue weighted by atomic mass is 10.3. The summed E-state index contributed by atoms with van der Waals surface area (Å²) < 4.78 is 4.71. The topological polar surface area (TPSA) is 99.9 Å². The van der Waals surface area contributed by atoms with Crippen molar-refractivity contribution in [2.45, 2.75) is 20.8 Å². The number of aryl methyl sites for hydroxylation is 2. The number of hydrogen-bond acceptors (Lipinski definition) is 7. The van der Waals surface area contributed by atoms with Gasteiger partial charge in [0, 0.05) is 17.6 Å². The molecule has 0 fully saturated rings. The van der Waals surface area contributed by atoms with Crippen LogP contribution in [0.3, 0.4) is 0 Å². The summed E-state index contributed by atoms with van der Waals surface area (Å²) >= 11 is 0. The van der Waals surface area contributed by atoms with Crippen LogP contribution in [0.25, 0.3) is 0 Å². The maximum atomic E-state index is 11.3. The second-order valence-electron chi connectivity index (χ2n) is 3.63. The lowest BCUT2D eigenvalue weighted by molar-refractivity contribution is -0.138. The molecule has 19 heavy (non-hydrogen) atoms. The van der Waals surface area contributed by atoms with Crippen molar-refractivity contribution in [1.29, 1.82) is 5.26 Å². The lowest BCUT2D eigenvalue weighted by Gasteiger charge is -2.06. The fourth-order valence-corrected chi connectivity index (χ4v) is 1.30. The number of hydrazine groups is 1.